The lowest BCUT2D eigenvalue weighted by Crippen LogP contribution is -2.53. The number of carbonyl (C=O) groups excluding carboxylic acids is 3. The summed E-state index contributed by atoms with van der Waals surface area (Å²) in [5.74, 6) is 0.719. The minimum atomic E-state index is -0.370. The van der Waals surface area contributed by atoms with Crippen molar-refractivity contribution in [3.05, 3.63) is 35.9 Å². The zero-order valence-electron chi connectivity index (χ0n) is 19.5. The van der Waals surface area contributed by atoms with Gasteiger partial charge in [-0.1, -0.05) is 31.0 Å². The number of nitrogens with zero attached hydrogens (tertiary/aromatic N) is 3. The van der Waals surface area contributed by atoms with Crippen molar-refractivity contribution in [1.82, 2.24) is 14.7 Å². The Kier molecular flexibility index (Phi) is 7.17. The zero-order valence-corrected chi connectivity index (χ0v) is 19.5. The van der Waals surface area contributed by atoms with Crippen molar-refractivity contribution >= 4 is 17.7 Å². The van der Waals surface area contributed by atoms with Crippen LogP contribution in [0.5, 0.6) is 0 Å². The first-order valence-corrected chi connectivity index (χ1v) is 12.5. The van der Waals surface area contributed by atoms with Gasteiger partial charge in [-0.3, -0.25) is 14.4 Å². The summed E-state index contributed by atoms with van der Waals surface area (Å²) in [4.78, 5) is 45.6. The molecule has 4 rings (SSSR count). The van der Waals surface area contributed by atoms with Crippen LogP contribution in [-0.2, 0) is 9.59 Å². The quantitative estimate of drug-likeness (QED) is 0.705. The lowest BCUT2D eigenvalue weighted by atomic mass is 9.84. The van der Waals surface area contributed by atoms with E-state index < -0.39 is 0 Å². The summed E-state index contributed by atoms with van der Waals surface area (Å²) in [6.45, 7) is 6.70. The molecule has 1 aromatic carbocycles. The third kappa shape index (κ3) is 4.41. The van der Waals surface area contributed by atoms with Crippen LogP contribution in [0.2, 0.25) is 0 Å². The maximum absolute atomic E-state index is 13.6. The second kappa shape index (κ2) is 10.1. The summed E-state index contributed by atoms with van der Waals surface area (Å²) in [5, 5.41) is 0. The van der Waals surface area contributed by atoms with Crippen LogP contribution in [0.3, 0.4) is 0 Å². The lowest BCUT2D eigenvalue weighted by molar-refractivity contribution is -0.142. The van der Waals surface area contributed by atoms with E-state index in [4.69, 9.17) is 0 Å². The molecule has 3 amide bonds. The molecule has 32 heavy (non-hydrogen) atoms. The van der Waals surface area contributed by atoms with Crippen molar-refractivity contribution in [2.24, 2.45) is 11.8 Å². The van der Waals surface area contributed by atoms with Crippen LogP contribution in [0.15, 0.2) is 30.3 Å². The van der Waals surface area contributed by atoms with Crippen LogP contribution in [0, 0.1) is 11.8 Å². The van der Waals surface area contributed by atoms with E-state index in [1.807, 2.05) is 58.9 Å². The Morgan fingerprint density at radius 2 is 1.59 bits per heavy atom. The van der Waals surface area contributed by atoms with E-state index in [0.717, 1.165) is 38.8 Å². The molecular weight excluding hydrogens is 402 g/mol. The fraction of sp³-hybridized carbons (Fsp3) is 0.654. The maximum atomic E-state index is 13.6. The molecule has 0 aromatic heterocycles. The number of hydrogen-bond acceptors (Lipinski definition) is 3. The fourth-order valence-electron chi connectivity index (χ4n) is 6.05. The molecule has 2 saturated heterocycles. The maximum Gasteiger partial charge on any atom is 0.254 e. The van der Waals surface area contributed by atoms with Gasteiger partial charge in [0, 0.05) is 43.7 Å². The number of likely N-dealkylation sites (tertiary alicyclic amines) is 2. The number of rotatable bonds is 5. The lowest BCUT2D eigenvalue weighted by Gasteiger charge is -2.38. The number of hydrogen-bond donors (Lipinski definition) is 0. The number of amides is 3. The number of benzene rings is 1. The van der Waals surface area contributed by atoms with Gasteiger partial charge in [0.25, 0.3) is 5.91 Å². The molecule has 1 saturated carbocycles. The predicted molar refractivity (Wildman–Crippen MR) is 124 cm³/mol. The minimum absolute atomic E-state index is 0.00663. The topological polar surface area (TPSA) is 60.9 Å². The van der Waals surface area contributed by atoms with E-state index in [-0.39, 0.29) is 35.7 Å². The molecule has 1 aromatic rings. The molecule has 3 fully saturated rings. The summed E-state index contributed by atoms with van der Waals surface area (Å²) < 4.78 is 0. The molecule has 2 heterocycles. The zero-order chi connectivity index (χ0) is 22.7. The van der Waals surface area contributed by atoms with Gasteiger partial charge in [0.15, 0.2) is 0 Å². The highest BCUT2D eigenvalue weighted by atomic mass is 16.2. The molecule has 0 N–H and O–H groups in total. The average molecular weight is 440 g/mol. The van der Waals surface area contributed by atoms with Crippen molar-refractivity contribution in [3.8, 4) is 0 Å². The second-order valence-corrected chi connectivity index (χ2v) is 9.55. The van der Waals surface area contributed by atoms with E-state index >= 15 is 0 Å². The van der Waals surface area contributed by atoms with Crippen LogP contribution in [0.1, 0.15) is 69.2 Å². The van der Waals surface area contributed by atoms with Crippen molar-refractivity contribution in [3.63, 3.8) is 0 Å². The Labute approximate surface area is 191 Å². The average Bonchev–Trinajstić information content (AvgIpc) is 3.24. The molecule has 174 valence electrons. The van der Waals surface area contributed by atoms with Gasteiger partial charge >= 0.3 is 0 Å². The van der Waals surface area contributed by atoms with Gasteiger partial charge in [-0.25, -0.2) is 0 Å². The van der Waals surface area contributed by atoms with Crippen molar-refractivity contribution in [1.29, 1.82) is 0 Å². The third-order valence-electron chi connectivity index (χ3n) is 7.86. The number of carbonyl (C=O) groups is 3. The molecular formula is C26H37N3O3. The Balaban J connectivity index is 1.47. The van der Waals surface area contributed by atoms with Gasteiger partial charge in [-0.2, -0.15) is 0 Å². The van der Waals surface area contributed by atoms with E-state index in [2.05, 4.69) is 0 Å². The second-order valence-electron chi connectivity index (χ2n) is 9.55. The molecule has 0 radical (unpaired) electrons. The molecule has 2 aliphatic heterocycles. The summed E-state index contributed by atoms with van der Waals surface area (Å²) in [7, 11) is 0. The monoisotopic (exact) mass is 439 g/mol. The van der Waals surface area contributed by atoms with Gasteiger partial charge < -0.3 is 14.7 Å². The first-order valence-electron chi connectivity index (χ1n) is 12.5. The van der Waals surface area contributed by atoms with Gasteiger partial charge in [0.2, 0.25) is 11.8 Å². The SMILES string of the molecule is CCN(CC)C(=O)C1CCN(C(=O)C2CC3CCCCC3N2C(=O)c2ccccc2)CC1. The summed E-state index contributed by atoms with van der Waals surface area (Å²) >= 11 is 0. The summed E-state index contributed by atoms with van der Waals surface area (Å²) in [6.07, 6.45) is 6.62. The first kappa shape index (κ1) is 22.8. The van der Waals surface area contributed by atoms with Crippen LogP contribution in [0.25, 0.3) is 0 Å². The van der Waals surface area contributed by atoms with Crippen LogP contribution in [0.4, 0.5) is 0 Å². The van der Waals surface area contributed by atoms with Gasteiger partial charge in [0.05, 0.1) is 0 Å². The third-order valence-corrected chi connectivity index (χ3v) is 7.86. The molecule has 0 bridgehead atoms. The Morgan fingerprint density at radius 3 is 2.25 bits per heavy atom. The van der Waals surface area contributed by atoms with Crippen molar-refractivity contribution < 1.29 is 14.4 Å². The van der Waals surface area contributed by atoms with E-state index in [1.54, 1.807) is 0 Å². The predicted octanol–water partition coefficient (Wildman–Crippen LogP) is 3.57. The normalized spacial score (nSPS) is 26.0. The molecule has 0 spiro atoms. The molecule has 3 aliphatic rings. The van der Waals surface area contributed by atoms with E-state index in [9.17, 15) is 14.4 Å². The molecule has 6 heteroatoms. The van der Waals surface area contributed by atoms with Crippen LogP contribution >= 0.6 is 0 Å². The Hall–Kier alpha value is -2.37. The van der Waals surface area contributed by atoms with Crippen LogP contribution < -0.4 is 0 Å². The van der Waals surface area contributed by atoms with Crippen LogP contribution in [-0.4, -0.2) is 70.7 Å². The Morgan fingerprint density at radius 1 is 0.938 bits per heavy atom. The molecule has 3 atom stereocenters. The molecule has 6 nitrogen and oxygen atoms in total. The standard InChI is InChI=1S/C26H37N3O3/c1-3-27(4-2)24(30)20-14-16-28(17-15-20)26(32)23-18-21-12-8-9-13-22(21)29(23)25(31)19-10-6-5-7-11-19/h5-7,10-11,20-23H,3-4,8-9,12-18H2,1-2H3. The summed E-state index contributed by atoms with van der Waals surface area (Å²) in [6, 6.07) is 9.19. The molecule has 1 aliphatic carbocycles. The van der Waals surface area contributed by atoms with Gasteiger partial charge in [-0.15, -0.1) is 0 Å². The highest BCUT2D eigenvalue weighted by Gasteiger charge is 2.48. The molecule has 3 unspecified atom stereocenters. The fourth-order valence-corrected chi connectivity index (χ4v) is 6.05. The Bertz CT molecular complexity index is 815. The largest absolute Gasteiger partial charge is 0.343 e. The van der Waals surface area contributed by atoms with Crippen molar-refractivity contribution in [2.45, 2.75) is 70.9 Å². The first-order chi connectivity index (χ1) is 15.5. The van der Waals surface area contributed by atoms with E-state index in [0.29, 0.717) is 37.4 Å². The number of fused-ring (bicyclic) bond motifs is 1. The minimum Gasteiger partial charge on any atom is -0.343 e. The van der Waals surface area contributed by atoms with Gasteiger partial charge in [0.1, 0.15) is 6.04 Å². The smallest absolute Gasteiger partial charge is 0.254 e. The van der Waals surface area contributed by atoms with E-state index in [1.165, 1.54) is 6.42 Å². The van der Waals surface area contributed by atoms with Crippen molar-refractivity contribution in [2.75, 3.05) is 26.2 Å². The highest BCUT2D eigenvalue weighted by molar-refractivity contribution is 5.98. The van der Waals surface area contributed by atoms with Gasteiger partial charge in [-0.05, 0) is 64.0 Å². The number of piperidine rings is 1. The highest BCUT2D eigenvalue weighted by Crippen LogP contribution is 2.41. The summed E-state index contributed by atoms with van der Waals surface area (Å²) in [5.41, 5.74) is 0.667.